The third kappa shape index (κ3) is 4.00. The molecule has 1 aromatic rings. The maximum atomic E-state index is 13.0. The molecular weight excluding hydrogens is 241 g/mol. The Bertz CT molecular complexity index is 463. The highest BCUT2D eigenvalue weighted by Gasteiger charge is 2.14. The summed E-state index contributed by atoms with van der Waals surface area (Å²) in [6.45, 7) is 3.61. The van der Waals surface area contributed by atoms with E-state index in [1.165, 1.54) is 6.07 Å². The van der Waals surface area contributed by atoms with Crippen LogP contribution in [0.15, 0.2) is 18.2 Å². The van der Waals surface area contributed by atoms with Crippen LogP contribution in [0, 0.1) is 15.9 Å². The van der Waals surface area contributed by atoms with Crippen molar-refractivity contribution in [1.29, 1.82) is 0 Å². The normalized spacial score (nSPS) is 10.2. The summed E-state index contributed by atoms with van der Waals surface area (Å²) < 4.78 is 13.0. The summed E-state index contributed by atoms with van der Waals surface area (Å²) in [7, 11) is 0. The van der Waals surface area contributed by atoms with E-state index < -0.39 is 16.4 Å². The van der Waals surface area contributed by atoms with E-state index in [9.17, 15) is 19.3 Å². The van der Waals surface area contributed by atoms with Gasteiger partial charge in [-0.05, 0) is 26.0 Å². The molecule has 1 rings (SSSR count). The zero-order chi connectivity index (χ0) is 13.7. The van der Waals surface area contributed by atoms with Gasteiger partial charge in [-0.25, -0.2) is 0 Å². The van der Waals surface area contributed by atoms with Gasteiger partial charge >= 0.3 is 5.69 Å². The highest BCUT2D eigenvalue weighted by atomic mass is 19.1. The Balaban J connectivity index is 2.66. The Morgan fingerprint density at radius 1 is 1.50 bits per heavy atom. The van der Waals surface area contributed by atoms with E-state index in [4.69, 9.17) is 0 Å². The lowest BCUT2D eigenvalue weighted by Gasteiger charge is -2.09. The van der Waals surface area contributed by atoms with Crippen LogP contribution in [-0.4, -0.2) is 23.4 Å². The first-order chi connectivity index (χ1) is 8.40. The van der Waals surface area contributed by atoms with Crippen LogP contribution >= 0.6 is 0 Å². The number of amides is 1. The Kier molecular flexibility index (Phi) is 4.59. The van der Waals surface area contributed by atoms with Crippen LogP contribution < -0.4 is 10.6 Å². The SMILES string of the molecule is CC(C)NC(=O)CNc1ccc(F)c([N+](=O)[O-])c1. The second-order valence-electron chi connectivity index (χ2n) is 4.00. The Morgan fingerprint density at radius 3 is 2.72 bits per heavy atom. The minimum atomic E-state index is -0.905. The molecule has 0 aliphatic heterocycles. The number of carbonyl (C=O) groups excluding carboxylic acids is 1. The number of benzene rings is 1. The third-order valence-electron chi connectivity index (χ3n) is 2.05. The lowest BCUT2D eigenvalue weighted by molar-refractivity contribution is -0.387. The second kappa shape index (κ2) is 5.95. The molecule has 0 radical (unpaired) electrons. The molecule has 0 spiro atoms. The van der Waals surface area contributed by atoms with Crippen molar-refractivity contribution in [2.75, 3.05) is 11.9 Å². The summed E-state index contributed by atoms with van der Waals surface area (Å²) in [4.78, 5) is 21.0. The fourth-order valence-corrected chi connectivity index (χ4v) is 1.32. The van der Waals surface area contributed by atoms with Crippen molar-refractivity contribution >= 4 is 17.3 Å². The quantitative estimate of drug-likeness (QED) is 0.619. The molecule has 7 heteroatoms. The average Bonchev–Trinajstić information content (AvgIpc) is 2.26. The van der Waals surface area contributed by atoms with Gasteiger partial charge in [-0.2, -0.15) is 4.39 Å². The van der Waals surface area contributed by atoms with Crippen molar-refractivity contribution in [3.8, 4) is 0 Å². The van der Waals surface area contributed by atoms with Gasteiger partial charge in [0.05, 0.1) is 11.5 Å². The summed E-state index contributed by atoms with van der Waals surface area (Å²) in [6, 6.07) is 3.39. The summed E-state index contributed by atoms with van der Waals surface area (Å²) in [5, 5.41) is 15.9. The number of halogens is 1. The molecule has 0 aliphatic carbocycles. The Labute approximate surface area is 103 Å². The summed E-state index contributed by atoms with van der Waals surface area (Å²) in [6.07, 6.45) is 0. The van der Waals surface area contributed by atoms with E-state index in [0.29, 0.717) is 5.69 Å². The molecule has 18 heavy (non-hydrogen) atoms. The van der Waals surface area contributed by atoms with Gasteiger partial charge < -0.3 is 10.6 Å². The summed E-state index contributed by atoms with van der Waals surface area (Å²) >= 11 is 0. The smallest absolute Gasteiger partial charge is 0.306 e. The lowest BCUT2D eigenvalue weighted by atomic mass is 10.2. The zero-order valence-electron chi connectivity index (χ0n) is 10.1. The van der Waals surface area contributed by atoms with Gasteiger partial charge in [0, 0.05) is 17.8 Å². The molecule has 0 saturated carbocycles. The number of nitro benzene ring substituents is 1. The maximum Gasteiger partial charge on any atom is 0.306 e. The molecule has 6 nitrogen and oxygen atoms in total. The van der Waals surface area contributed by atoms with Crippen molar-refractivity contribution in [2.24, 2.45) is 0 Å². The van der Waals surface area contributed by atoms with Gasteiger partial charge in [0.2, 0.25) is 11.7 Å². The first kappa shape index (κ1) is 13.9. The lowest BCUT2D eigenvalue weighted by Crippen LogP contribution is -2.34. The van der Waals surface area contributed by atoms with Gasteiger partial charge in [-0.1, -0.05) is 0 Å². The van der Waals surface area contributed by atoms with Crippen LogP contribution in [0.5, 0.6) is 0 Å². The molecule has 2 N–H and O–H groups in total. The molecule has 0 atom stereocenters. The van der Waals surface area contributed by atoms with E-state index in [2.05, 4.69) is 10.6 Å². The van der Waals surface area contributed by atoms with Crippen LogP contribution in [0.2, 0.25) is 0 Å². The largest absolute Gasteiger partial charge is 0.376 e. The predicted octanol–water partition coefficient (Wildman–Crippen LogP) is 1.67. The number of nitrogens with one attached hydrogen (secondary N) is 2. The topological polar surface area (TPSA) is 84.3 Å². The van der Waals surface area contributed by atoms with Crippen molar-refractivity contribution in [3.05, 3.63) is 34.1 Å². The van der Waals surface area contributed by atoms with E-state index in [0.717, 1.165) is 12.1 Å². The zero-order valence-corrected chi connectivity index (χ0v) is 10.1. The minimum Gasteiger partial charge on any atom is -0.376 e. The van der Waals surface area contributed by atoms with Crippen LogP contribution in [0.25, 0.3) is 0 Å². The number of hydrogen-bond acceptors (Lipinski definition) is 4. The number of nitro groups is 1. The second-order valence-corrected chi connectivity index (χ2v) is 4.00. The monoisotopic (exact) mass is 255 g/mol. The van der Waals surface area contributed by atoms with Crippen molar-refractivity contribution < 1.29 is 14.1 Å². The highest BCUT2D eigenvalue weighted by molar-refractivity contribution is 5.81. The fourth-order valence-electron chi connectivity index (χ4n) is 1.32. The number of carbonyl (C=O) groups is 1. The van der Waals surface area contributed by atoms with Crippen LogP contribution in [0.1, 0.15) is 13.8 Å². The average molecular weight is 255 g/mol. The molecule has 0 aromatic heterocycles. The van der Waals surface area contributed by atoms with E-state index in [-0.39, 0.29) is 18.5 Å². The molecule has 0 aliphatic rings. The van der Waals surface area contributed by atoms with Crippen molar-refractivity contribution in [1.82, 2.24) is 5.32 Å². The molecule has 0 heterocycles. The molecule has 0 fully saturated rings. The summed E-state index contributed by atoms with van der Waals surface area (Å²) in [5.41, 5.74) is -0.300. The standard InChI is InChI=1S/C11H14FN3O3/c1-7(2)14-11(16)6-13-8-3-4-9(12)10(5-8)15(17)18/h3-5,7,13H,6H2,1-2H3,(H,14,16). The first-order valence-electron chi connectivity index (χ1n) is 5.37. The highest BCUT2D eigenvalue weighted by Crippen LogP contribution is 2.21. The van der Waals surface area contributed by atoms with E-state index in [1.54, 1.807) is 0 Å². The molecule has 1 aromatic carbocycles. The predicted molar refractivity (Wildman–Crippen MR) is 64.8 cm³/mol. The number of rotatable bonds is 5. The van der Waals surface area contributed by atoms with Crippen molar-refractivity contribution in [3.63, 3.8) is 0 Å². The van der Waals surface area contributed by atoms with Crippen LogP contribution in [0.4, 0.5) is 15.8 Å². The van der Waals surface area contributed by atoms with Crippen molar-refractivity contribution in [2.45, 2.75) is 19.9 Å². The van der Waals surface area contributed by atoms with Gasteiger partial charge in [0.1, 0.15) is 0 Å². The Morgan fingerprint density at radius 2 is 2.17 bits per heavy atom. The van der Waals surface area contributed by atoms with Gasteiger partial charge in [-0.3, -0.25) is 14.9 Å². The van der Waals surface area contributed by atoms with Crippen LogP contribution in [0.3, 0.4) is 0 Å². The number of nitrogens with zero attached hydrogens (tertiary/aromatic N) is 1. The van der Waals surface area contributed by atoms with E-state index in [1.807, 2.05) is 13.8 Å². The molecule has 1 amide bonds. The summed E-state index contributed by atoms with van der Waals surface area (Å²) in [5.74, 6) is -1.14. The third-order valence-corrected chi connectivity index (χ3v) is 2.05. The first-order valence-corrected chi connectivity index (χ1v) is 5.37. The maximum absolute atomic E-state index is 13.0. The molecule has 98 valence electrons. The van der Waals surface area contributed by atoms with E-state index >= 15 is 0 Å². The minimum absolute atomic E-state index is 0.0156. The molecular formula is C11H14FN3O3. The molecule has 0 bridgehead atoms. The number of anilines is 1. The Hall–Kier alpha value is -2.18. The number of hydrogen-bond donors (Lipinski definition) is 2. The van der Waals surface area contributed by atoms with Crippen LogP contribution in [-0.2, 0) is 4.79 Å². The fraction of sp³-hybridized carbons (Fsp3) is 0.364. The molecule has 0 unspecified atom stereocenters. The van der Waals surface area contributed by atoms with Gasteiger partial charge in [-0.15, -0.1) is 0 Å². The molecule has 0 saturated heterocycles. The van der Waals surface area contributed by atoms with Gasteiger partial charge in [0.25, 0.3) is 0 Å². The van der Waals surface area contributed by atoms with Gasteiger partial charge in [0.15, 0.2) is 0 Å².